The molecule has 2 nitrogen and oxygen atoms in total. The van der Waals surface area contributed by atoms with Crippen LogP contribution in [0.15, 0.2) is 24.3 Å². The minimum Gasteiger partial charge on any atom is -0.296 e. The lowest BCUT2D eigenvalue weighted by Gasteiger charge is -2.23. The van der Waals surface area contributed by atoms with Crippen molar-refractivity contribution in [1.82, 2.24) is 4.90 Å². The first-order chi connectivity index (χ1) is 9.87. The van der Waals surface area contributed by atoms with E-state index in [1.165, 1.54) is 24.8 Å². The maximum Gasteiger partial charge on any atom is 0.176 e. The summed E-state index contributed by atoms with van der Waals surface area (Å²) in [4.78, 5) is 14.8. The molecule has 0 radical (unpaired) electrons. The number of ketones is 1. The average molecular weight is 287 g/mol. The molecule has 2 heteroatoms. The Morgan fingerprint density at radius 3 is 2.43 bits per heavy atom. The molecule has 0 unspecified atom stereocenters. The molecule has 1 heterocycles. The molecule has 0 aromatic heterocycles. The van der Waals surface area contributed by atoms with E-state index in [9.17, 15) is 4.79 Å². The van der Waals surface area contributed by atoms with Crippen molar-refractivity contribution in [2.45, 2.75) is 52.9 Å². The lowest BCUT2D eigenvalue weighted by atomic mass is 9.85. The van der Waals surface area contributed by atoms with Crippen LogP contribution < -0.4 is 0 Å². The van der Waals surface area contributed by atoms with Gasteiger partial charge in [0.05, 0.1) is 6.54 Å². The summed E-state index contributed by atoms with van der Waals surface area (Å²) in [6, 6.07) is 8.14. The molecule has 2 rings (SSSR count). The Labute approximate surface area is 129 Å². The van der Waals surface area contributed by atoms with Crippen LogP contribution in [0, 0.1) is 5.41 Å². The van der Waals surface area contributed by atoms with E-state index in [4.69, 9.17) is 0 Å². The summed E-state index contributed by atoms with van der Waals surface area (Å²) in [6.45, 7) is 11.7. The van der Waals surface area contributed by atoms with Crippen LogP contribution in [0.3, 0.4) is 0 Å². The number of hydrogen-bond acceptors (Lipinski definition) is 2. The Hall–Kier alpha value is -1.15. The lowest BCUT2D eigenvalue weighted by Crippen LogP contribution is -2.31. The molecule has 0 N–H and O–H groups in total. The van der Waals surface area contributed by atoms with E-state index in [1.54, 1.807) is 0 Å². The van der Waals surface area contributed by atoms with Crippen LogP contribution in [0.5, 0.6) is 0 Å². The van der Waals surface area contributed by atoms with Crippen molar-refractivity contribution < 1.29 is 4.79 Å². The highest BCUT2D eigenvalue weighted by Gasteiger charge is 2.24. The van der Waals surface area contributed by atoms with Gasteiger partial charge in [0.15, 0.2) is 5.78 Å². The summed E-state index contributed by atoms with van der Waals surface area (Å²) in [6.07, 6.45) is 3.65. The predicted molar refractivity (Wildman–Crippen MR) is 88.9 cm³/mol. The molecule has 0 atom stereocenters. The first-order valence-corrected chi connectivity index (χ1v) is 8.23. The zero-order chi connectivity index (χ0) is 15.5. The number of Topliss-reactive ketones (excluding diaryl/α,β-unsaturated/α-hetero) is 1. The highest BCUT2D eigenvalue weighted by atomic mass is 16.1. The SMILES string of the molecule is CC(C)c1ccc(C(=O)CN2CCCC(C)(C)CC2)cc1. The van der Waals surface area contributed by atoms with Gasteiger partial charge < -0.3 is 0 Å². The number of benzene rings is 1. The fraction of sp³-hybridized carbons (Fsp3) is 0.632. The standard InChI is InChI=1S/C19H29NO/c1-15(2)16-6-8-17(9-7-16)18(21)14-20-12-5-10-19(3,4)11-13-20/h6-9,15H,5,10-14H2,1-4H3. The van der Waals surface area contributed by atoms with Crippen LogP contribution >= 0.6 is 0 Å². The van der Waals surface area contributed by atoms with Crippen LogP contribution in [0.25, 0.3) is 0 Å². The van der Waals surface area contributed by atoms with E-state index in [0.717, 1.165) is 18.7 Å². The number of likely N-dealkylation sites (tertiary alicyclic amines) is 1. The average Bonchev–Trinajstić information content (AvgIpc) is 2.60. The Bertz CT molecular complexity index is 473. The highest BCUT2D eigenvalue weighted by Crippen LogP contribution is 2.29. The minimum absolute atomic E-state index is 0.255. The Balaban J connectivity index is 1.94. The quantitative estimate of drug-likeness (QED) is 0.760. The molecule has 1 saturated heterocycles. The largest absolute Gasteiger partial charge is 0.296 e. The smallest absolute Gasteiger partial charge is 0.176 e. The van der Waals surface area contributed by atoms with Gasteiger partial charge in [-0.3, -0.25) is 9.69 Å². The Kier molecular flexibility index (Phi) is 5.21. The molecule has 0 spiro atoms. The second-order valence-corrected chi connectivity index (χ2v) is 7.49. The van der Waals surface area contributed by atoms with Crippen molar-refractivity contribution in [3.05, 3.63) is 35.4 Å². The van der Waals surface area contributed by atoms with E-state index in [-0.39, 0.29) is 5.78 Å². The molecular formula is C19H29NO. The van der Waals surface area contributed by atoms with E-state index in [1.807, 2.05) is 12.1 Å². The normalized spacial score (nSPS) is 19.5. The Morgan fingerprint density at radius 2 is 1.81 bits per heavy atom. The van der Waals surface area contributed by atoms with Gasteiger partial charge in [0.25, 0.3) is 0 Å². The van der Waals surface area contributed by atoms with Crippen molar-refractivity contribution in [2.24, 2.45) is 5.41 Å². The molecule has 0 saturated carbocycles. The van der Waals surface area contributed by atoms with Gasteiger partial charge in [-0.2, -0.15) is 0 Å². The molecule has 0 aliphatic carbocycles. The topological polar surface area (TPSA) is 20.3 Å². The highest BCUT2D eigenvalue weighted by molar-refractivity contribution is 5.97. The number of rotatable bonds is 4. The number of carbonyl (C=O) groups excluding carboxylic acids is 1. The second kappa shape index (κ2) is 6.74. The van der Waals surface area contributed by atoms with Gasteiger partial charge >= 0.3 is 0 Å². The molecule has 0 bridgehead atoms. The van der Waals surface area contributed by atoms with Crippen LogP contribution in [-0.2, 0) is 0 Å². The van der Waals surface area contributed by atoms with Crippen molar-refractivity contribution >= 4 is 5.78 Å². The number of carbonyl (C=O) groups is 1. The third-order valence-electron chi connectivity index (χ3n) is 4.70. The maximum atomic E-state index is 12.4. The van der Waals surface area contributed by atoms with E-state index >= 15 is 0 Å². The predicted octanol–water partition coefficient (Wildman–Crippen LogP) is 4.50. The van der Waals surface area contributed by atoms with Gasteiger partial charge in [0, 0.05) is 5.56 Å². The summed E-state index contributed by atoms with van der Waals surface area (Å²) >= 11 is 0. The van der Waals surface area contributed by atoms with E-state index < -0.39 is 0 Å². The number of hydrogen-bond donors (Lipinski definition) is 0. The molecule has 1 aromatic carbocycles. The molecule has 1 aromatic rings. The third-order valence-corrected chi connectivity index (χ3v) is 4.70. The Morgan fingerprint density at radius 1 is 1.14 bits per heavy atom. The zero-order valence-electron chi connectivity index (χ0n) is 14.0. The van der Waals surface area contributed by atoms with Crippen LogP contribution in [-0.4, -0.2) is 30.3 Å². The van der Waals surface area contributed by atoms with Crippen LogP contribution in [0.1, 0.15) is 68.8 Å². The lowest BCUT2D eigenvalue weighted by molar-refractivity contribution is 0.0930. The summed E-state index contributed by atoms with van der Waals surface area (Å²) in [7, 11) is 0. The van der Waals surface area contributed by atoms with Gasteiger partial charge in [-0.05, 0) is 49.2 Å². The van der Waals surface area contributed by atoms with Gasteiger partial charge in [0.2, 0.25) is 0 Å². The molecule has 1 aliphatic rings. The van der Waals surface area contributed by atoms with Gasteiger partial charge in [-0.1, -0.05) is 52.0 Å². The summed E-state index contributed by atoms with van der Waals surface area (Å²) < 4.78 is 0. The summed E-state index contributed by atoms with van der Waals surface area (Å²) in [5, 5.41) is 0. The molecule has 116 valence electrons. The first-order valence-electron chi connectivity index (χ1n) is 8.23. The van der Waals surface area contributed by atoms with Crippen molar-refractivity contribution in [2.75, 3.05) is 19.6 Å². The molecular weight excluding hydrogens is 258 g/mol. The van der Waals surface area contributed by atoms with Gasteiger partial charge in [0.1, 0.15) is 0 Å². The first kappa shape index (κ1) is 16.2. The maximum absolute atomic E-state index is 12.4. The van der Waals surface area contributed by atoms with Gasteiger partial charge in [-0.15, -0.1) is 0 Å². The third kappa shape index (κ3) is 4.67. The van der Waals surface area contributed by atoms with Crippen LogP contribution in [0.2, 0.25) is 0 Å². The zero-order valence-corrected chi connectivity index (χ0v) is 14.0. The van der Waals surface area contributed by atoms with Gasteiger partial charge in [-0.25, -0.2) is 0 Å². The van der Waals surface area contributed by atoms with E-state index in [0.29, 0.717) is 17.9 Å². The minimum atomic E-state index is 0.255. The fourth-order valence-electron chi connectivity index (χ4n) is 2.99. The summed E-state index contributed by atoms with van der Waals surface area (Å²) in [5.74, 6) is 0.770. The summed E-state index contributed by atoms with van der Waals surface area (Å²) in [5.41, 5.74) is 2.57. The molecule has 0 amide bonds. The molecule has 1 aliphatic heterocycles. The number of nitrogens with zero attached hydrogens (tertiary/aromatic N) is 1. The van der Waals surface area contributed by atoms with Crippen molar-refractivity contribution in [3.8, 4) is 0 Å². The van der Waals surface area contributed by atoms with Crippen molar-refractivity contribution in [3.63, 3.8) is 0 Å². The molecule has 1 fully saturated rings. The fourth-order valence-corrected chi connectivity index (χ4v) is 2.99. The monoisotopic (exact) mass is 287 g/mol. The van der Waals surface area contributed by atoms with Crippen molar-refractivity contribution in [1.29, 1.82) is 0 Å². The van der Waals surface area contributed by atoms with Crippen LogP contribution in [0.4, 0.5) is 0 Å². The second-order valence-electron chi connectivity index (χ2n) is 7.49. The van der Waals surface area contributed by atoms with E-state index in [2.05, 4.69) is 44.7 Å². The molecule has 21 heavy (non-hydrogen) atoms.